The average Bonchev–Trinajstić information content (AvgIpc) is 3.40. The Morgan fingerprint density at radius 3 is 2.21 bits per heavy atom. The van der Waals surface area contributed by atoms with Gasteiger partial charge in [0.25, 0.3) is 6.43 Å². The average molecular weight is 470 g/mol. The van der Waals surface area contributed by atoms with Crippen LogP contribution in [0.1, 0.15) is 36.3 Å². The molecule has 0 saturated heterocycles. The van der Waals surface area contributed by atoms with Gasteiger partial charge in [0.2, 0.25) is 5.91 Å². The molecule has 3 N–H and O–H groups in total. The van der Waals surface area contributed by atoms with Gasteiger partial charge >= 0.3 is 12.1 Å². The maximum absolute atomic E-state index is 13.5. The Bertz CT molecular complexity index is 1090. The second-order valence-electron chi connectivity index (χ2n) is 8.35. The van der Waals surface area contributed by atoms with E-state index in [0.717, 1.165) is 22.3 Å². The third kappa shape index (κ3) is 5.08. The van der Waals surface area contributed by atoms with E-state index in [1.54, 1.807) is 0 Å². The first-order valence-electron chi connectivity index (χ1n) is 10.9. The van der Waals surface area contributed by atoms with Gasteiger partial charge in [-0.25, -0.2) is 18.4 Å². The molecule has 2 aliphatic carbocycles. The molecule has 0 aliphatic heterocycles. The number of rotatable bonds is 8. The number of nitrogens with one attached hydrogen (secondary N) is 2. The lowest BCUT2D eigenvalue weighted by Crippen LogP contribution is -2.45. The Kier molecular flexibility index (Phi) is 6.90. The van der Waals surface area contributed by atoms with Crippen LogP contribution in [0.5, 0.6) is 0 Å². The molecule has 0 bridgehead atoms. The minimum atomic E-state index is -2.98. The molecule has 0 spiro atoms. The molecule has 7 nitrogen and oxygen atoms in total. The summed E-state index contributed by atoms with van der Waals surface area (Å²) in [4.78, 5) is 35.5. The number of halogens is 2. The predicted octanol–water partition coefficient (Wildman–Crippen LogP) is 3.84. The van der Waals surface area contributed by atoms with Crippen molar-refractivity contribution in [1.29, 1.82) is 0 Å². The number of hydrogen-bond donors (Lipinski definition) is 3. The summed E-state index contributed by atoms with van der Waals surface area (Å²) < 4.78 is 32.3. The summed E-state index contributed by atoms with van der Waals surface area (Å²) in [5.41, 5.74) is 4.25. The maximum atomic E-state index is 13.5. The highest BCUT2D eigenvalue weighted by molar-refractivity contribution is 5.87. The number of carbonyl (C=O) groups excluding carboxylic acids is 2. The normalized spacial score (nSPS) is 17.5. The molecular weight excluding hydrogens is 446 g/mol. The van der Waals surface area contributed by atoms with E-state index in [0.29, 0.717) is 6.42 Å². The highest BCUT2D eigenvalue weighted by Crippen LogP contribution is 2.44. The van der Waals surface area contributed by atoms with Crippen molar-refractivity contribution in [3.63, 3.8) is 0 Å². The standard InChI is InChI=1S/C25H24F2N2O5/c26-23(27)21(12-22(30)28-15-10-9-14(11-15)24(31)32)29-25(33)34-13-20-18-7-3-1-5-16(18)17-6-2-4-8-19(17)20/h1-9,15,20-21,23H,10-13H2,(H,28,30)(H,29,33)(H,31,32). The van der Waals surface area contributed by atoms with E-state index in [9.17, 15) is 23.2 Å². The molecule has 4 rings (SSSR count). The zero-order valence-electron chi connectivity index (χ0n) is 18.2. The van der Waals surface area contributed by atoms with Crippen molar-refractivity contribution < 1.29 is 33.0 Å². The van der Waals surface area contributed by atoms with Gasteiger partial charge in [-0.3, -0.25) is 4.79 Å². The van der Waals surface area contributed by atoms with Crippen LogP contribution >= 0.6 is 0 Å². The van der Waals surface area contributed by atoms with E-state index >= 15 is 0 Å². The number of carboxylic acids is 1. The predicted molar refractivity (Wildman–Crippen MR) is 119 cm³/mol. The molecule has 2 unspecified atom stereocenters. The number of carbonyl (C=O) groups is 3. The Hall–Kier alpha value is -3.75. The molecule has 0 saturated carbocycles. The fraction of sp³-hybridized carbons (Fsp3) is 0.320. The van der Waals surface area contributed by atoms with Gasteiger partial charge in [0, 0.05) is 17.5 Å². The largest absolute Gasteiger partial charge is 0.478 e. The highest BCUT2D eigenvalue weighted by atomic mass is 19.3. The molecule has 0 radical (unpaired) electrons. The summed E-state index contributed by atoms with van der Waals surface area (Å²) in [6.45, 7) is -0.0340. The summed E-state index contributed by atoms with van der Waals surface area (Å²) in [5, 5.41) is 13.6. The zero-order chi connectivity index (χ0) is 24.2. The zero-order valence-corrected chi connectivity index (χ0v) is 18.2. The summed E-state index contributed by atoms with van der Waals surface area (Å²) in [5.74, 6) is -1.99. The lowest BCUT2D eigenvalue weighted by atomic mass is 9.98. The van der Waals surface area contributed by atoms with Crippen molar-refractivity contribution in [3.05, 3.63) is 71.3 Å². The maximum Gasteiger partial charge on any atom is 0.407 e. The van der Waals surface area contributed by atoms with Crippen molar-refractivity contribution in [2.75, 3.05) is 6.61 Å². The van der Waals surface area contributed by atoms with Gasteiger partial charge in [-0.05, 0) is 35.1 Å². The fourth-order valence-corrected chi connectivity index (χ4v) is 4.48. The highest BCUT2D eigenvalue weighted by Gasteiger charge is 2.31. The summed E-state index contributed by atoms with van der Waals surface area (Å²) >= 11 is 0. The Balaban J connectivity index is 1.32. The molecule has 2 amide bonds. The monoisotopic (exact) mass is 470 g/mol. The van der Waals surface area contributed by atoms with Crippen LogP contribution < -0.4 is 10.6 Å². The SMILES string of the molecule is O=C(CC(NC(=O)OCC1c2ccccc2-c2ccccc21)C(F)F)NC1CC=C(C(=O)O)C1. The van der Waals surface area contributed by atoms with Gasteiger partial charge < -0.3 is 20.5 Å². The minimum Gasteiger partial charge on any atom is -0.478 e. The molecule has 178 valence electrons. The van der Waals surface area contributed by atoms with Crippen LogP contribution in [0.15, 0.2) is 60.2 Å². The number of aliphatic carboxylic acids is 1. The number of carboxylic acid groups (broad SMARTS) is 1. The van der Waals surface area contributed by atoms with Crippen molar-refractivity contribution >= 4 is 18.0 Å². The minimum absolute atomic E-state index is 0.0340. The lowest BCUT2D eigenvalue weighted by molar-refractivity contribution is -0.133. The van der Waals surface area contributed by atoms with E-state index < -0.39 is 42.9 Å². The molecule has 34 heavy (non-hydrogen) atoms. The number of amides is 2. The number of alkyl halides is 2. The second-order valence-corrected chi connectivity index (χ2v) is 8.35. The third-order valence-corrected chi connectivity index (χ3v) is 6.11. The molecular formula is C25H24F2N2O5. The smallest absolute Gasteiger partial charge is 0.407 e. The van der Waals surface area contributed by atoms with Crippen molar-refractivity contribution in [3.8, 4) is 11.1 Å². The van der Waals surface area contributed by atoms with E-state index in [1.807, 2.05) is 48.5 Å². The molecule has 0 fully saturated rings. The molecule has 0 aromatic heterocycles. The van der Waals surface area contributed by atoms with Gasteiger partial charge in [-0.2, -0.15) is 0 Å². The quantitative estimate of drug-likeness (QED) is 0.544. The summed E-state index contributed by atoms with van der Waals surface area (Å²) in [6.07, 6.45) is -2.74. The van der Waals surface area contributed by atoms with Crippen molar-refractivity contribution in [1.82, 2.24) is 10.6 Å². The molecule has 2 aromatic carbocycles. The van der Waals surface area contributed by atoms with Gasteiger partial charge in [0.05, 0.1) is 6.42 Å². The second kappa shape index (κ2) is 10.0. The number of ether oxygens (including phenoxy) is 1. The van der Waals surface area contributed by atoms with Gasteiger partial charge in [0.1, 0.15) is 12.6 Å². The van der Waals surface area contributed by atoms with Crippen LogP contribution in [0, 0.1) is 0 Å². The lowest BCUT2D eigenvalue weighted by Gasteiger charge is -2.20. The first kappa shape index (κ1) is 23.4. The number of benzene rings is 2. The van der Waals surface area contributed by atoms with Crippen LogP contribution in [0.25, 0.3) is 11.1 Å². The topological polar surface area (TPSA) is 105 Å². The number of hydrogen-bond acceptors (Lipinski definition) is 4. The van der Waals surface area contributed by atoms with Crippen LogP contribution in [0.3, 0.4) is 0 Å². The first-order chi connectivity index (χ1) is 16.3. The Morgan fingerprint density at radius 1 is 1.03 bits per heavy atom. The number of fused-ring (bicyclic) bond motifs is 3. The molecule has 9 heteroatoms. The molecule has 2 aromatic rings. The van der Waals surface area contributed by atoms with E-state index in [1.165, 1.54) is 6.08 Å². The van der Waals surface area contributed by atoms with Crippen molar-refractivity contribution in [2.45, 2.75) is 43.7 Å². The van der Waals surface area contributed by atoms with E-state index in [2.05, 4.69) is 10.6 Å². The first-order valence-corrected chi connectivity index (χ1v) is 10.9. The molecule has 0 heterocycles. The number of alkyl carbamates (subject to hydrolysis) is 1. The van der Waals surface area contributed by atoms with Crippen LogP contribution in [-0.4, -0.2) is 48.2 Å². The van der Waals surface area contributed by atoms with E-state index in [4.69, 9.17) is 9.84 Å². The van der Waals surface area contributed by atoms with Crippen LogP contribution in [0.4, 0.5) is 13.6 Å². The third-order valence-electron chi connectivity index (χ3n) is 6.11. The van der Waals surface area contributed by atoms with Crippen molar-refractivity contribution in [2.24, 2.45) is 0 Å². The van der Waals surface area contributed by atoms with Crippen LogP contribution in [-0.2, 0) is 14.3 Å². The molecule has 2 aliphatic rings. The molecule has 2 atom stereocenters. The van der Waals surface area contributed by atoms with E-state index in [-0.39, 0.29) is 24.5 Å². The van der Waals surface area contributed by atoms with Gasteiger partial charge in [-0.1, -0.05) is 54.6 Å². The van der Waals surface area contributed by atoms with Gasteiger partial charge in [-0.15, -0.1) is 0 Å². The summed E-state index contributed by atoms with van der Waals surface area (Å²) in [6, 6.07) is 13.3. The van der Waals surface area contributed by atoms with Gasteiger partial charge in [0.15, 0.2) is 0 Å². The van der Waals surface area contributed by atoms with Crippen LogP contribution in [0.2, 0.25) is 0 Å². The Labute approximate surface area is 194 Å². The fourth-order valence-electron chi connectivity index (χ4n) is 4.48. The summed E-state index contributed by atoms with van der Waals surface area (Å²) in [7, 11) is 0. The Morgan fingerprint density at radius 2 is 1.65 bits per heavy atom.